The van der Waals surface area contributed by atoms with Crippen molar-refractivity contribution in [3.63, 3.8) is 0 Å². The Balaban J connectivity index is 2.48. The van der Waals surface area contributed by atoms with Gasteiger partial charge in [-0.05, 0) is 60.6 Å². The van der Waals surface area contributed by atoms with Gasteiger partial charge in [-0.1, -0.05) is 12.1 Å². The lowest BCUT2D eigenvalue weighted by molar-refractivity contribution is -0.668. The molecular weight excluding hydrogens is 275 g/mol. The molecule has 0 N–H and O–H groups in total. The van der Waals surface area contributed by atoms with Crippen LogP contribution in [-0.4, -0.2) is 4.98 Å². The molecule has 0 unspecified atom stereocenters. The Labute approximate surface area is 130 Å². The molecule has 0 aliphatic heterocycles. The lowest BCUT2D eigenvalue weighted by Crippen LogP contribution is -2.36. The number of hydrogen-bond acceptors (Lipinski definition) is 1. The molecule has 0 fully saturated rings. The van der Waals surface area contributed by atoms with E-state index in [0.29, 0.717) is 11.1 Å². The van der Waals surface area contributed by atoms with Gasteiger partial charge in [0, 0.05) is 12.5 Å². The average molecular weight is 295 g/mol. The molecule has 0 radical (unpaired) electrons. The third-order valence-electron chi connectivity index (χ3n) is 4.52. The topological polar surface area (TPSA) is 16.8 Å². The van der Waals surface area contributed by atoms with E-state index in [2.05, 4.69) is 15.6 Å². The summed E-state index contributed by atoms with van der Waals surface area (Å²) >= 11 is 0. The Morgan fingerprint density at radius 2 is 1.68 bits per heavy atom. The van der Waals surface area contributed by atoms with Gasteiger partial charge in [0.15, 0.2) is 5.52 Å². The quantitative estimate of drug-likeness (QED) is 0.618. The zero-order chi connectivity index (χ0) is 16.0. The molecule has 3 rings (SSSR count). The fourth-order valence-corrected chi connectivity index (χ4v) is 2.99. The van der Waals surface area contributed by atoms with E-state index >= 15 is 0 Å². The minimum Gasteiger partial charge on any atom is -0.230 e. The predicted molar refractivity (Wildman–Crippen MR) is 87.3 cm³/mol. The SMILES string of the molecule is Cc1cc(-c2c3ccccc3nc(C)[n+]2C)c(C)c(C)c1F. The van der Waals surface area contributed by atoms with Gasteiger partial charge in [-0.2, -0.15) is 0 Å². The fraction of sp³-hybridized carbons (Fsp3) is 0.263. The number of aryl methyl sites for hydroxylation is 2. The highest BCUT2D eigenvalue weighted by Crippen LogP contribution is 2.31. The van der Waals surface area contributed by atoms with Gasteiger partial charge in [-0.15, -0.1) is 0 Å². The highest BCUT2D eigenvalue weighted by atomic mass is 19.1. The molecule has 22 heavy (non-hydrogen) atoms. The third-order valence-corrected chi connectivity index (χ3v) is 4.52. The fourth-order valence-electron chi connectivity index (χ4n) is 2.99. The number of halogens is 1. The van der Waals surface area contributed by atoms with Crippen LogP contribution in [0.4, 0.5) is 4.39 Å². The Hall–Kier alpha value is -2.29. The first-order valence-electron chi connectivity index (χ1n) is 7.44. The summed E-state index contributed by atoms with van der Waals surface area (Å²) in [6.07, 6.45) is 0. The number of fused-ring (bicyclic) bond motifs is 1. The largest absolute Gasteiger partial charge is 0.296 e. The summed E-state index contributed by atoms with van der Waals surface area (Å²) in [5.41, 5.74) is 5.50. The van der Waals surface area contributed by atoms with Crippen molar-refractivity contribution in [3.05, 3.63) is 58.7 Å². The molecule has 1 heterocycles. The molecule has 0 saturated carbocycles. The second-order valence-corrected chi connectivity index (χ2v) is 5.89. The summed E-state index contributed by atoms with van der Waals surface area (Å²) in [4.78, 5) is 4.64. The molecular formula is C19H20FN2+. The molecule has 0 aliphatic carbocycles. The summed E-state index contributed by atoms with van der Waals surface area (Å²) in [7, 11) is 2.01. The van der Waals surface area contributed by atoms with Gasteiger partial charge in [0.25, 0.3) is 5.82 Å². The number of para-hydroxylation sites is 1. The van der Waals surface area contributed by atoms with Crippen molar-refractivity contribution in [3.8, 4) is 11.3 Å². The van der Waals surface area contributed by atoms with E-state index in [1.807, 2.05) is 59.0 Å². The zero-order valence-corrected chi connectivity index (χ0v) is 13.7. The van der Waals surface area contributed by atoms with Crippen LogP contribution >= 0.6 is 0 Å². The summed E-state index contributed by atoms with van der Waals surface area (Å²) in [5.74, 6) is 0.826. The molecule has 0 atom stereocenters. The van der Waals surface area contributed by atoms with Crippen molar-refractivity contribution in [2.45, 2.75) is 27.7 Å². The van der Waals surface area contributed by atoms with Gasteiger partial charge in [0.05, 0.1) is 12.4 Å². The van der Waals surface area contributed by atoms with Gasteiger partial charge >= 0.3 is 0 Å². The number of aromatic nitrogens is 2. The second-order valence-electron chi connectivity index (χ2n) is 5.89. The standard InChI is InChI=1S/C19H20FN2/c1-11-10-16(12(2)13(3)18(11)20)19-15-8-6-7-9-17(15)21-14(4)22(19)5/h6-10H,1-5H3/q+1. The summed E-state index contributed by atoms with van der Waals surface area (Å²) in [6, 6.07) is 10.0. The van der Waals surface area contributed by atoms with E-state index in [4.69, 9.17) is 0 Å². The summed E-state index contributed by atoms with van der Waals surface area (Å²) < 4.78 is 16.2. The van der Waals surface area contributed by atoms with Gasteiger partial charge in [-0.25, -0.2) is 8.96 Å². The van der Waals surface area contributed by atoms with Gasteiger partial charge in [0.1, 0.15) is 11.5 Å². The van der Waals surface area contributed by atoms with Gasteiger partial charge < -0.3 is 0 Å². The first-order valence-corrected chi connectivity index (χ1v) is 7.44. The zero-order valence-electron chi connectivity index (χ0n) is 13.7. The number of nitrogens with zero attached hydrogens (tertiary/aromatic N) is 2. The molecule has 3 heteroatoms. The maximum atomic E-state index is 14.2. The predicted octanol–water partition coefficient (Wildman–Crippen LogP) is 4.10. The molecule has 0 amide bonds. The Bertz CT molecular complexity index is 898. The van der Waals surface area contributed by atoms with Crippen molar-refractivity contribution in [2.24, 2.45) is 7.05 Å². The monoisotopic (exact) mass is 295 g/mol. The van der Waals surface area contributed by atoms with Crippen LogP contribution in [-0.2, 0) is 7.05 Å². The Morgan fingerprint density at radius 1 is 1.00 bits per heavy atom. The van der Waals surface area contributed by atoms with Crippen LogP contribution < -0.4 is 4.57 Å². The molecule has 3 aromatic rings. The normalized spacial score (nSPS) is 11.2. The highest BCUT2D eigenvalue weighted by molar-refractivity contribution is 5.91. The smallest absolute Gasteiger partial charge is 0.230 e. The molecule has 112 valence electrons. The van der Waals surface area contributed by atoms with E-state index in [9.17, 15) is 4.39 Å². The second kappa shape index (κ2) is 5.16. The van der Waals surface area contributed by atoms with Crippen molar-refractivity contribution < 1.29 is 8.96 Å². The Kier molecular flexibility index (Phi) is 3.44. The minimum absolute atomic E-state index is 0.112. The van der Waals surface area contributed by atoms with Crippen LogP contribution in [0.5, 0.6) is 0 Å². The van der Waals surface area contributed by atoms with Crippen molar-refractivity contribution in [1.29, 1.82) is 0 Å². The molecule has 0 aliphatic rings. The average Bonchev–Trinajstić information content (AvgIpc) is 2.51. The van der Waals surface area contributed by atoms with Gasteiger partial charge in [-0.3, -0.25) is 0 Å². The maximum absolute atomic E-state index is 14.2. The van der Waals surface area contributed by atoms with Crippen LogP contribution in [0.3, 0.4) is 0 Å². The molecule has 2 aromatic carbocycles. The first-order chi connectivity index (χ1) is 10.4. The lowest BCUT2D eigenvalue weighted by Gasteiger charge is -2.14. The first kappa shape index (κ1) is 14.6. The van der Waals surface area contributed by atoms with Crippen LogP contribution in [0.2, 0.25) is 0 Å². The van der Waals surface area contributed by atoms with E-state index in [0.717, 1.165) is 33.5 Å². The van der Waals surface area contributed by atoms with Crippen molar-refractivity contribution in [2.75, 3.05) is 0 Å². The van der Waals surface area contributed by atoms with E-state index in [1.165, 1.54) is 0 Å². The summed E-state index contributed by atoms with van der Waals surface area (Å²) in [5, 5.41) is 1.09. The van der Waals surface area contributed by atoms with Crippen LogP contribution in [0, 0.1) is 33.5 Å². The van der Waals surface area contributed by atoms with Crippen LogP contribution in [0.25, 0.3) is 22.2 Å². The molecule has 2 nitrogen and oxygen atoms in total. The van der Waals surface area contributed by atoms with E-state index in [-0.39, 0.29) is 5.82 Å². The molecule has 0 spiro atoms. The van der Waals surface area contributed by atoms with Crippen LogP contribution in [0.1, 0.15) is 22.5 Å². The van der Waals surface area contributed by atoms with Crippen molar-refractivity contribution in [1.82, 2.24) is 4.98 Å². The third kappa shape index (κ3) is 2.08. The van der Waals surface area contributed by atoms with E-state index < -0.39 is 0 Å². The number of benzene rings is 2. The number of hydrogen-bond donors (Lipinski definition) is 0. The van der Waals surface area contributed by atoms with E-state index in [1.54, 1.807) is 0 Å². The lowest BCUT2D eigenvalue weighted by atomic mass is 9.95. The molecule has 1 aromatic heterocycles. The molecule has 0 bridgehead atoms. The van der Waals surface area contributed by atoms with Crippen molar-refractivity contribution >= 4 is 10.9 Å². The summed E-state index contributed by atoms with van der Waals surface area (Å²) in [6.45, 7) is 7.64. The number of rotatable bonds is 1. The molecule has 0 saturated heterocycles. The highest BCUT2D eigenvalue weighted by Gasteiger charge is 2.21. The Morgan fingerprint density at radius 3 is 2.41 bits per heavy atom. The minimum atomic E-state index is -0.112. The maximum Gasteiger partial charge on any atom is 0.296 e. The van der Waals surface area contributed by atoms with Gasteiger partial charge in [0.2, 0.25) is 0 Å². The van der Waals surface area contributed by atoms with Crippen LogP contribution in [0.15, 0.2) is 30.3 Å².